The summed E-state index contributed by atoms with van der Waals surface area (Å²) in [5.74, 6) is 1.60. The van der Waals surface area contributed by atoms with Crippen molar-refractivity contribution in [2.75, 3.05) is 19.2 Å². The molecule has 88 valence electrons. The molecule has 2 unspecified atom stereocenters. The van der Waals surface area contributed by atoms with Crippen LogP contribution in [0, 0.1) is 0 Å². The van der Waals surface area contributed by atoms with Gasteiger partial charge < -0.3 is 19.5 Å². The van der Waals surface area contributed by atoms with Gasteiger partial charge in [0.1, 0.15) is 0 Å². The van der Waals surface area contributed by atoms with E-state index in [1.807, 2.05) is 25.1 Å². The molecule has 1 aliphatic heterocycles. The summed E-state index contributed by atoms with van der Waals surface area (Å²) in [5.41, 5.74) is 1.01. The summed E-state index contributed by atoms with van der Waals surface area (Å²) in [6.45, 7) is 4.42. The lowest BCUT2D eigenvalue weighted by atomic mass is 10.2. The van der Waals surface area contributed by atoms with E-state index in [0.717, 1.165) is 17.2 Å². The molecule has 0 saturated carbocycles. The second-order valence-electron chi connectivity index (χ2n) is 3.94. The van der Waals surface area contributed by atoms with Gasteiger partial charge in [-0.05, 0) is 26.0 Å². The van der Waals surface area contributed by atoms with Crippen molar-refractivity contribution >= 4 is 5.69 Å². The maximum Gasteiger partial charge on any atom is 0.231 e. The second kappa shape index (κ2) is 4.61. The molecule has 0 spiro atoms. The zero-order valence-corrected chi connectivity index (χ0v) is 9.82. The average Bonchev–Trinajstić information content (AvgIpc) is 2.75. The third-order valence-electron chi connectivity index (χ3n) is 2.84. The van der Waals surface area contributed by atoms with Crippen molar-refractivity contribution < 1.29 is 14.2 Å². The highest BCUT2D eigenvalue weighted by Gasteiger charge is 2.15. The van der Waals surface area contributed by atoms with Crippen LogP contribution >= 0.6 is 0 Å². The number of rotatable bonds is 4. The molecule has 4 heteroatoms. The SMILES string of the molecule is COC(C)C(C)Nc1ccc2c(c1)OCO2. The van der Waals surface area contributed by atoms with E-state index >= 15 is 0 Å². The van der Waals surface area contributed by atoms with Crippen molar-refractivity contribution in [2.45, 2.75) is 26.0 Å². The highest BCUT2D eigenvalue weighted by Crippen LogP contribution is 2.34. The molecule has 0 radical (unpaired) electrons. The van der Waals surface area contributed by atoms with Crippen LogP contribution in [-0.2, 0) is 4.74 Å². The molecule has 0 saturated heterocycles. The van der Waals surface area contributed by atoms with Crippen LogP contribution in [0.15, 0.2) is 18.2 Å². The summed E-state index contributed by atoms with van der Waals surface area (Å²) >= 11 is 0. The van der Waals surface area contributed by atoms with Crippen molar-refractivity contribution in [3.8, 4) is 11.5 Å². The minimum absolute atomic E-state index is 0.158. The van der Waals surface area contributed by atoms with Crippen molar-refractivity contribution in [1.82, 2.24) is 0 Å². The molecule has 0 aliphatic carbocycles. The van der Waals surface area contributed by atoms with Crippen molar-refractivity contribution in [2.24, 2.45) is 0 Å². The molecule has 2 atom stereocenters. The summed E-state index contributed by atoms with van der Waals surface area (Å²) in [5, 5.41) is 3.36. The molecular weight excluding hydrogens is 206 g/mol. The molecule has 1 aromatic carbocycles. The maximum atomic E-state index is 5.31. The Morgan fingerprint density at radius 1 is 1.25 bits per heavy atom. The maximum absolute atomic E-state index is 5.31. The predicted molar refractivity (Wildman–Crippen MR) is 62.1 cm³/mol. The molecule has 0 fully saturated rings. The van der Waals surface area contributed by atoms with Crippen LogP contribution < -0.4 is 14.8 Å². The third-order valence-corrected chi connectivity index (χ3v) is 2.84. The number of methoxy groups -OCH3 is 1. The second-order valence-corrected chi connectivity index (χ2v) is 3.94. The van der Waals surface area contributed by atoms with Gasteiger partial charge in [0.25, 0.3) is 0 Å². The number of anilines is 1. The van der Waals surface area contributed by atoms with E-state index in [1.54, 1.807) is 7.11 Å². The molecular formula is C12H17NO3. The number of ether oxygens (including phenoxy) is 3. The summed E-state index contributed by atoms with van der Waals surface area (Å²) in [7, 11) is 1.71. The zero-order chi connectivity index (χ0) is 11.5. The molecule has 1 N–H and O–H groups in total. The van der Waals surface area contributed by atoms with Crippen molar-refractivity contribution in [3.63, 3.8) is 0 Å². The summed E-state index contributed by atoms with van der Waals surface area (Å²) in [6, 6.07) is 6.08. The number of nitrogens with one attached hydrogen (secondary N) is 1. The standard InChI is InChI=1S/C12H17NO3/c1-8(9(2)14-3)13-10-4-5-11-12(6-10)16-7-15-11/h4-6,8-9,13H,7H2,1-3H3. The molecule has 1 aliphatic rings. The lowest BCUT2D eigenvalue weighted by Crippen LogP contribution is -2.29. The Balaban J connectivity index is 2.05. The Morgan fingerprint density at radius 3 is 2.75 bits per heavy atom. The molecule has 16 heavy (non-hydrogen) atoms. The summed E-state index contributed by atoms with van der Waals surface area (Å²) in [4.78, 5) is 0. The molecule has 0 aromatic heterocycles. The predicted octanol–water partition coefficient (Wildman–Crippen LogP) is 2.25. The molecule has 0 bridgehead atoms. The quantitative estimate of drug-likeness (QED) is 0.849. The van der Waals surface area contributed by atoms with E-state index in [-0.39, 0.29) is 12.1 Å². The van der Waals surface area contributed by atoms with Gasteiger partial charge in [-0.3, -0.25) is 0 Å². The number of benzene rings is 1. The summed E-state index contributed by atoms with van der Waals surface area (Å²) < 4.78 is 15.8. The Morgan fingerprint density at radius 2 is 2.00 bits per heavy atom. The van der Waals surface area contributed by atoms with Crippen LogP contribution in [0.1, 0.15) is 13.8 Å². The zero-order valence-electron chi connectivity index (χ0n) is 9.82. The van der Waals surface area contributed by atoms with Gasteiger partial charge in [0, 0.05) is 24.9 Å². The van der Waals surface area contributed by atoms with Gasteiger partial charge in [-0.15, -0.1) is 0 Å². The van der Waals surface area contributed by atoms with Gasteiger partial charge in [-0.2, -0.15) is 0 Å². The normalized spacial score (nSPS) is 16.9. The van der Waals surface area contributed by atoms with Gasteiger partial charge in [0.2, 0.25) is 6.79 Å². The smallest absolute Gasteiger partial charge is 0.231 e. The molecule has 0 amide bonds. The van der Waals surface area contributed by atoms with Gasteiger partial charge in [0.05, 0.1) is 6.10 Å². The first-order valence-corrected chi connectivity index (χ1v) is 5.39. The van der Waals surface area contributed by atoms with Crippen LogP contribution in [0.5, 0.6) is 11.5 Å². The Bertz CT molecular complexity index is 367. The number of hydrogen-bond donors (Lipinski definition) is 1. The van der Waals surface area contributed by atoms with Crippen LogP contribution in [0.25, 0.3) is 0 Å². The highest BCUT2D eigenvalue weighted by molar-refractivity contribution is 5.56. The van der Waals surface area contributed by atoms with Gasteiger partial charge in [-0.1, -0.05) is 0 Å². The van der Waals surface area contributed by atoms with E-state index in [4.69, 9.17) is 14.2 Å². The molecule has 1 heterocycles. The lowest BCUT2D eigenvalue weighted by molar-refractivity contribution is 0.106. The fraction of sp³-hybridized carbons (Fsp3) is 0.500. The largest absolute Gasteiger partial charge is 0.454 e. The van der Waals surface area contributed by atoms with Gasteiger partial charge >= 0.3 is 0 Å². The Hall–Kier alpha value is -1.42. The lowest BCUT2D eigenvalue weighted by Gasteiger charge is -2.21. The minimum atomic E-state index is 0.158. The van der Waals surface area contributed by atoms with E-state index in [0.29, 0.717) is 6.79 Å². The van der Waals surface area contributed by atoms with E-state index in [1.165, 1.54) is 0 Å². The molecule has 1 aromatic rings. The van der Waals surface area contributed by atoms with Crippen LogP contribution in [-0.4, -0.2) is 26.0 Å². The minimum Gasteiger partial charge on any atom is -0.454 e. The Kier molecular flexibility index (Phi) is 3.19. The molecule has 4 nitrogen and oxygen atoms in total. The highest BCUT2D eigenvalue weighted by atomic mass is 16.7. The topological polar surface area (TPSA) is 39.7 Å². The average molecular weight is 223 g/mol. The number of hydrogen-bond acceptors (Lipinski definition) is 4. The van der Waals surface area contributed by atoms with Crippen LogP contribution in [0.3, 0.4) is 0 Å². The van der Waals surface area contributed by atoms with E-state index in [2.05, 4.69) is 12.2 Å². The van der Waals surface area contributed by atoms with E-state index < -0.39 is 0 Å². The third kappa shape index (κ3) is 2.22. The summed E-state index contributed by atoms with van der Waals surface area (Å²) in [6.07, 6.45) is 0.158. The Labute approximate surface area is 95.5 Å². The first kappa shape index (κ1) is 11.1. The molecule has 2 rings (SSSR count). The van der Waals surface area contributed by atoms with E-state index in [9.17, 15) is 0 Å². The first-order valence-electron chi connectivity index (χ1n) is 5.39. The van der Waals surface area contributed by atoms with Gasteiger partial charge in [-0.25, -0.2) is 0 Å². The first-order chi connectivity index (χ1) is 7.70. The van der Waals surface area contributed by atoms with Crippen molar-refractivity contribution in [1.29, 1.82) is 0 Å². The van der Waals surface area contributed by atoms with Gasteiger partial charge in [0.15, 0.2) is 11.5 Å². The monoisotopic (exact) mass is 223 g/mol. The fourth-order valence-corrected chi connectivity index (χ4v) is 1.57. The van der Waals surface area contributed by atoms with Crippen LogP contribution in [0.4, 0.5) is 5.69 Å². The van der Waals surface area contributed by atoms with Crippen LogP contribution in [0.2, 0.25) is 0 Å². The fourth-order valence-electron chi connectivity index (χ4n) is 1.57. The van der Waals surface area contributed by atoms with Crippen molar-refractivity contribution in [3.05, 3.63) is 18.2 Å². The number of fused-ring (bicyclic) bond motifs is 1.